The van der Waals surface area contributed by atoms with Gasteiger partial charge in [0.15, 0.2) is 5.76 Å². The first-order valence-electron chi connectivity index (χ1n) is 7.50. The summed E-state index contributed by atoms with van der Waals surface area (Å²) < 4.78 is 6.54. The fraction of sp³-hybridized carbons (Fsp3) is 0.294. The van der Waals surface area contributed by atoms with E-state index in [2.05, 4.69) is 31.6 Å². The number of amides is 1. The van der Waals surface area contributed by atoms with E-state index in [4.69, 9.17) is 4.42 Å². The number of rotatable bonds is 6. The highest BCUT2D eigenvalue weighted by Crippen LogP contribution is 2.23. The number of aromatic nitrogens is 1. The molecule has 0 saturated heterocycles. The van der Waals surface area contributed by atoms with E-state index in [9.17, 15) is 4.79 Å². The van der Waals surface area contributed by atoms with Crippen molar-refractivity contribution in [2.24, 2.45) is 0 Å². The van der Waals surface area contributed by atoms with E-state index in [1.165, 1.54) is 0 Å². The van der Waals surface area contributed by atoms with Gasteiger partial charge in [-0.05, 0) is 50.5 Å². The van der Waals surface area contributed by atoms with Gasteiger partial charge in [-0.3, -0.25) is 4.79 Å². The molecule has 3 aromatic rings. The van der Waals surface area contributed by atoms with E-state index in [1.54, 1.807) is 17.4 Å². The second-order valence-electron chi connectivity index (χ2n) is 5.39. The molecule has 2 heterocycles. The van der Waals surface area contributed by atoms with Crippen molar-refractivity contribution in [2.75, 3.05) is 6.54 Å². The zero-order valence-electron chi connectivity index (χ0n) is 12.8. The highest BCUT2D eigenvalue weighted by atomic mass is 79.9. The largest absolute Gasteiger partial charge is 0.451 e. The summed E-state index contributed by atoms with van der Waals surface area (Å²) in [6.45, 7) is 2.65. The predicted molar refractivity (Wildman–Crippen MR) is 96.0 cm³/mol. The first kappa shape index (κ1) is 16.2. The zero-order chi connectivity index (χ0) is 16.2. The highest BCUT2D eigenvalue weighted by Gasteiger charge is 2.11. The van der Waals surface area contributed by atoms with Crippen molar-refractivity contribution in [1.29, 1.82) is 0 Å². The number of unbranched alkanes of at least 4 members (excludes halogenated alkanes) is 1. The van der Waals surface area contributed by atoms with Gasteiger partial charge >= 0.3 is 0 Å². The Hall–Kier alpha value is -1.66. The lowest BCUT2D eigenvalue weighted by Crippen LogP contribution is -2.23. The van der Waals surface area contributed by atoms with Crippen molar-refractivity contribution in [1.82, 2.24) is 10.3 Å². The molecule has 23 heavy (non-hydrogen) atoms. The molecule has 1 aromatic carbocycles. The Kier molecular flexibility index (Phi) is 5.13. The summed E-state index contributed by atoms with van der Waals surface area (Å²) in [6, 6.07) is 7.46. The van der Waals surface area contributed by atoms with Crippen molar-refractivity contribution in [3.05, 3.63) is 50.6 Å². The monoisotopic (exact) mass is 392 g/mol. The Morgan fingerprint density at radius 3 is 3.00 bits per heavy atom. The Morgan fingerprint density at radius 1 is 1.35 bits per heavy atom. The Bertz CT molecular complexity index is 825. The molecule has 0 saturated carbocycles. The average molecular weight is 393 g/mol. The van der Waals surface area contributed by atoms with Crippen molar-refractivity contribution < 1.29 is 9.21 Å². The van der Waals surface area contributed by atoms with Gasteiger partial charge in [0.1, 0.15) is 5.58 Å². The number of benzene rings is 1. The molecule has 1 amide bonds. The van der Waals surface area contributed by atoms with Crippen molar-refractivity contribution in [3.8, 4) is 0 Å². The quantitative estimate of drug-likeness (QED) is 0.617. The number of hydrogen-bond donors (Lipinski definition) is 1. The SMILES string of the molecule is Cc1csc(CCCCNC(=O)c2cc3cc(Br)ccc3o2)n1. The predicted octanol–water partition coefficient (Wildman–Crippen LogP) is 4.71. The molecule has 2 aromatic heterocycles. The van der Waals surface area contributed by atoms with Crippen LogP contribution < -0.4 is 5.32 Å². The summed E-state index contributed by atoms with van der Waals surface area (Å²) in [4.78, 5) is 16.5. The van der Waals surface area contributed by atoms with E-state index in [0.717, 1.165) is 45.4 Å². The summed E-state index contributed by atoms with van der Waals surface area (Å²) in [6.07, 6.45) is 2.91. The molecule has 0 bridgehead atoms. The van der Waals surface area contributed by atoms with Gasteiger partial charge in [0.2, 0.25) is 0 Å². The first-order chi connectivity index (χ1) is 11.1. The maximum Gasteiger partial charge on any atom is 0.287 e. The number of hydrogen-bond acceptors (Lipinski definition) is 4. The second-order valence-corrected chi connectivity index (χ2v) is 7.25. The Balaban J connectivity index is 1.46. The van der Waals surface area contributed by atoms with E-state index in [-0.39, 0.29) is 5.91 Å². The molecule has 0 atom stereocenters. The molecule has 6 heteroatoms. The molecular weight excluding hydrogens is 376 g/mol. The van der Waals surface area contributed by atoms with Crippen LogP contribution in [-0.4, -0.2) is 17.4 Å². The summed E-state index contributed by atoms with van der Waals surface area (Å²) in [5.74, 6) is 0.191. The maximum absolute atomic E-state index is 12.1. The molecule has 0 fully saturated rings. The summed E-state index contributed by atoms with van der Waals surface area (Å²) in [7, 11) is 0. The van der Waals surface area contributed by atoms with Gasteiger partial charge < -0.3 is 9.73 Å². The molecule has 0 radical (unpaired) electrons. The summed E-state index contributed by atoms with van der Waals surface area (Å²) in [5.41, 5.74) is 1.80. The van der Waals surface area contributed by atoms with E-state index >= 15 is 0 Å². The van der Waals surface area contributed by atoms with Crippen LogP contribution in [0.15, 0.2) is 38.5 Å². The number of carbonyl (C=O) groups is 1. The molecule has 3 rings (SSSR count). The van der Waals surface area contributed by atoms with Crippen LogP contribution in [0.4, 0.5) is 0 Å². The fourth-order valence-corrected chi connectivity index (χ4v) is 3.53. The van der Waals surface area contributed by atoms with Gasteiger partial charge in [0, 0.05) is 27.5 Å². The van der Waals surface area contributed by atoms with Crippen LogP contribution in [0.25, 0.3) is 11.0 Å². The average Bonchev–Trinajstić information content (AvgIpc) is 3.12. The van der Waals surface area contributed by atoms with Gasteiger partial charge in [-0.25, -0.2) is 4.98 Å². The van der Waals surface area contributed by atoms with Gasteiger partial charge in [-0.15, -0.1) is 11.3 Å². The highest BCUT2D eigenvalue weighted by molar-refractivity contribution is 9.10. The summed E-state index contributed by atoms with van der Waals surface area (Å²) in [5, 5.41) is 7.05. The number of furan rings is 1. The number of halogens is 1. The molecule has 0 spiro atoms. The molecule has 0 aliphatic rings. The minimum Gasteiger partial charge on any atom is -0.451 e. The number of nitrogens with zero attached hydrogens (tertiary/aromatic N) is 1. The zero-order valence-corrected chi connectivity index (χ0v) is 15.2. The Labute approximate surface area is 147 Å². The van der Waals surface area contributed by atoms with E-state index < -0.39 is 0 Å². The number of nitrogens with one attached hydrogen (secondary N) is 1. The van der Waals surface area contributed by atoms with Crippen LogP contribution >= 0.6 is 27.3 Å². The lowest BCUT2D eigenvalue weighted by atomic mass is 10.2. The number of fused-ring (bicyclic) bond motifs is 1. The molecule has 0 aliphatic carbocycles. The van der Waals surface area contributed by atoms with Crippen molar-refractivity contribution in [2.45, 2.75) is 26.2 Å². The molecule has 0 unspecified atom stereocenters. The van der Waals surface area contributed by atoms with Gasteiger partial charge in [-0.2, -0.15) is 0 Å². The van der Waals surface area contributed by atoms with Crippen LogP contribution in [0.1, 0.15) is 34.1 Å². The minimum atomic E-state index is -0.164. The van der Waals surface area contributed by atoms with Gasteiger partial charge in [-0.1, -0.05) is 15.9 Å². The molecule has 4 nitrogen and oxygen atoms in total. The van der Waals surface area contributed by atoms with Crippen LogP contribution in [-0.2, 0) is 6.42 Å². The third kappa shape index (κ3) is 4.20. The molecule has 1 N–H and O–H groups in total. The maximum atomic E-state index is 12.1. The number of thiazole rings is 1. The topological polar surface area (TPSA) is 55.1 Å². The molecule has 0 aliphatic heterocycles. The third-order valence-corrected chi connectivity index (χ3v) is 4.99. The van der Waals surface area contributed by atoms with Crippen LogP contribution in [0.2, 0.25) is 0 Å². The smallest absolute Gasteiger partial charge is 0.287 e. The third-order valence-electron chi connectivity index (χ3n) is 3.47. The van der Waals surface area contributed by atoms with Crippen molar-refractivity contribution >= 4 is 44.1 Å². The van der Waals surface area contributed by atoms with Crippen LogP contribution in [0.5, 0.6) is 0 Å². The molecular formula is C17H17BrN2O2S. The van der Waals surface area contributed by atoms with E-state index in [1.807, 2.05) is 25.1 Å². The van der Waals surface area contributed by atoms with Crippen LogP contribution in [0.3, 0.4) is 0 Å². The Morgan fingerprint density at radius 2 is 2.22 bits per heavy atom. The number of carbonyl (C=O) groups excluding carboxylic acids is 1. The van der Waals surface area contributed by atoms with E-state index in [0.29, 0.717) is 12.3 Å². The second kappa shape index (κ2) is 7.27. The lowest BCUT2D eigenvalue weighted by Gasteiger charge is -2.02. The minimum absolute atomic E-state index is 0.164. The lowest BCUT2D eigenvalue weighted by molar-refractivity contribution is 0.0927. The van der Waals surface area contributed by atoms with Crippen molar-refractivity contribution in [3.63, 3.8) is 0 Å². The van der Waals surface area contributed by atoms with Crippen LogP contribution in [0, 0.1) is 6.92 Å². The first-order valence-corrected chi connectivity index (χ1v) is 9.17. The van der Waals surface area contributed by atoms with Gasteiger partial charge in [0.05, 0.1) is 5.01 Å². The van der Waals surface area contributed by atoms with Gasteiger partial charge in [0.25, 0.3) is 5.91 Å². The standard InChI is InChI=1S/C17H17BrN2O2S/c1-11-10-23-16(20-11)4-2-3-7-19-17(21)15-9-12-8-13(18)5-6-14(12)22-15/h5-6,8-10H,2-4,7H2,1H3,(H,19,21). The fourth-order valence-electron chi connectivity index (χ4n) is 2.33. The molecule has 120 valence electrons. The number of aryl methyl sites for hydroxylation is 2. The summed E-state index contributed by atoms with van der Waals surface area (Å²) >= 11 is 5.11. The normalized spacial score (nSPS) is 11.0.